The number of halogens is 6. The molecule has 0 aromatic heterocycles. The van der Waals surface area contributed by atoms with Crippen molar-refractivity contribution in [3.05, 3.63) is 0 Å². The minimum atomic E-state index is -6.09. The Morgan fingerprint density at radius 2 is 0.806 bits per heavy atom. The molecule has 2 heterocycles. The largest absolute Gasteiger partial charge is 0.741 e. The molecule has 0 bridgehead atoms. The Morgan fingerprint density at radius 3 is 0.944 bits per heavy atom. The lowest BCUT2D eigenvalue weighted by Gasteiger charge is -2.28. The van der Waals surface area contributed by atoms with Crippen molar-refractivity contribution < 1.29 is 61.2 Å². The van der Waals surface area contributed by atoms with Gasteiger partial charge in [0.05, 0.1) is 53.4 Å². The normalized spacial score (nSPS) is 19.2. The third kappa shape index (κ3) is 16.9. The summed E-state index contributed by atoms with van der Waals surface area (Å²) in [6.45, 7) is 13.1. The van der Waals surface area contributed by atoms with Crippen LogP contribution in [0, 0.1) is 0 Å². The van der Waals surface area contributed by atoms with Gasteiger partial charge < -0.3 is 18.1 Å². The van der Waals surface area contributed by atoms with Gasteiger partial charge in [0.25, 0.3) is 0 Å². The van der Waals surface area contributed by atoms with Gasteiger partial charge in [0, 0.05) is 25.7 Å². The minimum absolute atomic E-state index is 1.36. The summed E-state index contributed by atoms with van der Waals surface area (Å²) in [7, 11) is -7.37. The van der Waals surface area contributed by atoms with E-state index in [9.17, 15) is 26.3 Å². The molecule has 0 aromatic carbocycles. The van der Waals surface area contributed by atoms with Crippen LogP contribution in [0.5, 0.6) is 0 Å². The highest BCUT2D eigenvalue weighted by Crippen LogP contribution is 2.21. The van der Waals surface area contributed by atoms with Gasteiger partial charge in [-0.05, 0) is 12.8 Å². The lowest BCUT2D eigenvalue weighted by atomic mass is 10.3. The maximum Gasteiger partial charge on any atom is 0.485 e. The highest BCUT2D eigenvalue weighted by Gasteiger charge is 2.37. The van der Waals surface area contributed by atoms with Crippen LogP contribution >= 0.6 is 0 Å². The molecule has 0 spiro atoms. The predicted molar refractivity (Wildman–Crippen MR) is 121 cm³/mol. The van der Waals surface area contributed by atoms with Crippen LogP contribution in [0.2, 0.25) is 0 Å². The van der Waals surface area contributed by atoms with Gasteiger partial charge in [-0.2, -0.15) is 26.3 Å². The summed E-state index contributed by atoms with van der Waals surface area (Å²) in [6, 6.07) is 0. The lowest BCUT2D eigenvalue weighted by Crippen LogP contribution is -2.41. The summed E-state index contributed by atoms with van der Waals surface area (Å²) >= 11 is 0. The predicted octanol–water partition coefficient (Wildman–Crippen LogP) is 4.16. The molecule has 8 nitrogen and oxygen atoms in total. The van der Waals surface area contributed by atoms with Gasteiger partial charge in [-0.1, -0.05) is 26.7 Å². The summed E-state index contributed by atoms with van der Waals surface area (Å²) in [5.41, 5.74) is -11.3. The first-order chi connectivity index (χ1) is 16.0. The Labute approximate surface area is 211 Å². The molecule has 0 amide bonds. The van der Waals surface area contributed by atoms with E-state index in [2.05, 4.69) is 27.9 Å². The van der Waals surface area contributed by atoms with E-state index >= 15 is 0 Å². The van der Waals surface area contributed by atoms with Crippen LogP contribution in [0.3, 0.4) is 0 Å². The molecule has 2 aliphatic heterocycles. The lowest BCUT2D eigenvalue weighted by molar-refractivity contribution is -0.897. The van der Waals surface area contributed by atoms with Crippen molar-refractivity contribution in [2.75, 3.05) is 53.4 Å². The van der Waals surface area contributed by atoms with Gasteiger partial charge >= 0.3 is 11.0 Å². The van der Waals surface area contributed by atoms with Crippen molar-refractivity contribution in [2.45, 2.75) is 76.2 Å². The van der Waals surface area contributed by atoms with Gasteiger partial charge in [-0.15, -0.1) is 0 Å². The minimum Gasteiger partial charge on any atom is -0.741 e. The number of unbranched alkanes of at least 4 members (excludes halogenated alkanes) is 2. The van der Waals surface area contributed by atoms with E-state index in [0.717, 1.165) is 0 Å². The first-order valence-electron chi connectivity index (χ1n) is 11.7. The summed E-state index contributed by atoms with van der Waals surface area (Å²) in [6.07, 6.45) is 11.4. The fraction of sp³-hybridized carbons (Fsp3) is 1.00. The van der Waals surface area contributed by atoms with E-state index in [1.165, 1.54) is 99.6 Å². The Kier molecular flexibility index (Phi) is 16.3. The van der Waals surface area contributed by atoms with E-state index < -0.39 is 31.3 Å². The molecule has 220 valence electrons. The van der Waals surface area contributed by atoms with Crippen LogP contribution in [0.25, 0.3) is 0 Å². The zero-order chi connectivity index (χ0) is 28.9. The summed E-state index contributed by atoms with van der Waals surface area (Å²) in [5.74, 6) is 0. The van der Waals surface area contributed by atoms with Crippen LogP contribution in [0.15, 0.2) is 0 Å². The number of alkyl halides is 6. The van der Waals surface area contributed by atoms with Crippen molar-refractivity contribution in [3.8, 4) is 0 Å². The smallest absolute Gasteiger partial charge is 0.485 e. The molecule has 16 heteroatoms. The SMILES string of the molecule is CCCC[N+]1(C)CCCC1.CCCC[N+]1(C)CCCC1.O=S(=O)([O-])C(F)(F)F.O=S(=O)([O-])C(F)(F)F. The van der Waals surface area contributed by atoms with E-state index in [1.807, 2.05) is 0 Å². The molecule has 0 atom stereocenters. The van der Waals surface area contributed by atoms with E-state index in [-0.39, 0.29) is 0 Å². The molecule has 0 radical (unpaired) electrons. The van der Waals surface area contributed by atoms with Gasteiger partial charge in [0.1, 0.15) is 0 Å². The van der Waals surface area contributed by atoms with Crippen molar-refractivity contribution in [1.29, 1.82) is 0 Å². The number of nitrogens with zero attached hydrogens (tertiary/aromatic N) is 2. The quantitative estimate of drug-likeness (QED) is 0.201. The highest BCUT2D eigenvalue weighted by atomic mass is 32.2. The molecular formula is C20H40F6N2O6S2. The van der Waals surface area contributed by atoms with Crippen LogP contribution in [0.1, 0.15) is 65.2 Å². The second-order valence-corrected chi connectivity index (χ2v) is 12.2. The maximum absolute atomic E-state index is 10.7. The molecule has 2 rings (SSSR count). The molecule has 0 aromatic rings. The zero-order valence-electron chi connectivity index (χ0n) is 21.3. The third-order valence-corrected chi connectivity index (χ3v) is 7.10. The van der Waals surface area contributed by atoms with Gasteiger partial charge in [0.15, 0.2) is 20.2 Å². The Balaban J connectivity index is 0. The molecule has 0 saturated carbocycles. The average Bonchev–Trinajstić information content (AvgIpc) is 3.33. The maximum atomic E-state index is 10.7. The standard InChI is InChI=1S/2C9H20N.2CHF3O3S/c2*1-3-4-7-10(2)8-5-6-9-10;2*2-1(3,4)8(5,6)7/h2*3-9H2,1-2H3;2*(H,5,6,7)/q2*+1;;/p-2. The average molecular weight is 583 g/mol. The fourth-order valence-corrected chi connectivity index (χ4v) is 3.72. The van der Waals surface area contributed by atoms with Gasteiger partial charge in [-0.25, -0.2) is 16.8 Å². The molecule has 2 fully saturated rings. The van der Waals surface area contributed by atoms with Gasteiger partial charge in [0.2, 0.25) is 0 Å². The molecule has 36 heavy (non-hydrogen) atoms. The van der Waals surface area contributed by atoms with Crippen LogP contribution in [-0.4, -0.2) is 99.3 Å². The molecule has 0 unspecified atom stereocenters. The number of quaternary nitrogens is 2. The number of hydrogen-bond donors (Lipinski definition) is 0. The van der Waals surface area contributed by atoms with Crippen molar-refractivity contribution >= 4 is 20.2 Å². The zero-order valence-corrected chi connectivity index (χ0v) is 23.0. The Morgan fingerprint density at radius 1 is 0.611 bits per heavy atom. The first-order valence-corrected chi connectivity index (χ1v) is 14.6. The highest BCUT2D eigenvalue weighted by molar-refractivity contribution is 7.86. The summed E-state index contributed by atoms with van der Waals surface area (Å²) in [5, 5.41) is 0. The van der Waals surface area contributed by atoms with E-state index in [0.29, 0.717) is 0 Å². The molecule has 0 aliphatic carbocycles. The monoisotopic (exact) mass is 582 g/mol. The fourth-order valence-electron chi connectivity index (χ4n) is 3.72. The van der Waals surface area contributed by atoms with E-state index in [1.54, 1.807) is 0 Å². The summed E-state index contributed by atoms with van der Waals surface area (Å²) < 4.78 is 121. The number of hydrogen-bond acceptors (Lipinski definition) is 6. The Hall–Kier alpha value is -0.680. The topological polar surface area (TPSA) is 114 Å². The van der Waals surface area contributed by atoms with Crippen LogP contribution in [0.4, 0.5) is 26.3 Å². The second kappa shape index (κ2) is 15.7. The summed E-state index contributed by atoms with van der Waals surface area (Å²) in [4.78, 5) is 0. The number of likely N-dealkylation sites (tertiary alicyclic amines) is 2. The van der Waals surface area contributed by atoms with Gasteiger partial charge in [-0.3, -0.25) is 0 Å². The molecular weight excluding hydrogens is 542 g/mol. The van der Waals surface area contributed by atoms with Crippen LogP contribution in [-0.2, 0) is 20.2 Å². The van der Waals surface area contributed by atoms with Crippen molar-refractivity contribution in [1.82, 2.24) is 0 Å². The molecule has 2 aliphatic rings. The second-order valence-electron chi connectivity index (χ2n) is 9.50. The van der Waals surface area contributed by atoms with Crippen LogP contribution < -0.4 is 0 Å². The Bertz CT molecular complexity index is 738. The number of rotatable bonds is 6. The molecule has 2 saturated heterocycles. The van der Waals surface area contributed by atoms with E-state index in [4.69, 9.17) is 25.9 Å². The van der Waals surface area contributed by atoms with Crippen molar-refractivity contribution in [2.24, 2.45) is 0 Å². The molecule has 0 N–H and O–H groups in total. The van der Waals surface area contributed by atoms with Crippen molar-refractivity contribution in [3.63, 3.8) is 0 Å². The first kappa shape index (κ1) is 37.5. The third-order valence-electron chi connectivity index (χ3n) is 5.96.